The van der Waals surface area contributed by atoms with Crippen molar-refractivity contribution in [2.45, 2.75) is 58.4 Å². The van der Waals surface area contributed by atoms with E-state index in [1.807, 2.05) is 0 Å². The fourth-order valence-electron chi connectivity index (χ4n) is 2.18. The number of hydrogen-bond acceptors (Lipinski definition) is 2. The smallest absolute Gasteiger partial charge is 0.00965 e. The molecule has 0 aromatic carbocycles. The van der Waals surface area contributed by atoms with Gasteiger partial charge in [-0.05, 0) is 51.1 Å². The lowest BCUT2D eigenvalue weighted by atomic mass is 10.0. The summed E-state index contributed by atoms with van der Waals surface area (Å²) in [5.74, 6) is 0.825. The minimum atomic E-state index is 0.825. The van der Waals surface area contributed by atoms with Crippen LogP contribution < -0.4 is 5.73 Å². The summed E-state index contributed by atoms with van der Waals surface area (Å²) in [6.07, 6.45) is 8.04. The SMILES string of the molecule is CCCCN(CC(C)CCCN)C1CC1. The van der Waals surface area contributed by atoms with Crippen LogP contribution in [-0.4, -0.2) is 30.6 Å². The van der Waals surface area contributed by atoms with E-state index < -0.39 is 0 Å². The lowest BCUT2D eigenvalue weighted by molar-refractivity contribution is 0.218. The van der Waals surface area contributed by atoms with Gasteiger partial charge in [-0.3, -0.25) is 0 Å². The first-order valence-electron chi connectivity index (χ1n) is 6.72. The summed E-state index contributed by atoms with van der Waals surface area (Å²) in [4.78, 5) is 2.71. The summed E-state index contributed by atoms with van der Waals surface area (Å²) in [7, 11) is 0. The van der Waals surface area contributed by atoms with Crippen LogP contribution in [0.15, 0.2) is 0 Å². The summed E-state index contributed by atoms with van der Waals surface area (Å²) in [5.41, 5.74) is 5.55. The molecule has 90 valence electrons. The number of nitrogens with two attached hydrogens (primary N) is 1. The Hall–Kier alpha value is -0.0800. The molecule has 1 saturated carbocycles. The lowest BCUT2D eigenvalue weighted by Gasteiger charge is -2.25. The van der Waals surface area contributed by atoms with Gasteiger partial charge in [0.2, 0.25) is 0 Å². The fraction of sp³-hybridized carbons (Fsp3) is 1.00. The van der Waals surface area contributed by atoms with Gasteiger partial charge in [0, 0.05) is 12.6 Å². The van der Waals surface area contributed by atoms with Gasteiger partial charge < -0.3 is 10.6 Å². The van der Waals surface area contributed by atoms with Gasteiger partial charge in [-0.25, -0.2) is 0 Å². The highest BCUT2D eigenvalue weighted by molar-refractivity contribution is 4.85. The summed E-state index contributed by atoms with van der Waals surface area (Å²) in [5, 5.41) is 0. The van der Waals surface area contributed by atoms with E-state index in [0.717, 1.165) is 18.5 Å². The van der Waals surface area contributed by atoms with Crippen LogP contribution in [0.5, 0.6) is 0 Å². The van der Waals surface area contributed by atoms with Crippen LogP contribution in [0.3, 0.4) is 0 Å². The minimum Gasteiger partial charge on any atom is -0.330 e. The van der Waals surface area contributed by atoms with E-state index in [4.69, 9.17) is 5.73 Å². The van der Waals surface area contributed by atoms with E-state index in [1.165, 1.54) is 51.6 Å². The quantitative estimate of drug-likeness (QED) is 0.636. The first-order valence-corrected chi connectivity index (χ1v) is 6.72. The largest absolute Gasteiger partial charge is 0.330 e. The van der Waals surface area contributed by atoms with E-state index in [-0.39, 0.29) is 0 Å². The molecule has 15 heavy (non-hydrogen) atoms. The van der Waals surface area contributed by atoms with Crippen molar-refractivity contribution in [3.63, 3.8) is 0 Å². The van der Waals surface area contributed by atoms with Gasteiger partial charge in [0.25, 0.3) is 0 Å². The topological polar surface area (TPSA) is 29.3 Å². The predicted octanol–water partition coefficient (Wildman–Crippen LogP) is 2.63. The Balaban J connectivity index is 2.17. The Morgan fingerprint density at radius 1 is 1.33 bits per heavy atom. The molecule has 0 saturated heterocycles. The Morgan fingerprint density at radius 2 is 2.07 bits per heavy atom. The molecule has 0 heterocycles. The molecule has 1 atom stereocenters. The highest BCUT2D eigenvalue weighted by atomic mass is 15.2. The van der Waals surface area contributed by atoms with Crippen LogP contribution >= 0.6 is 0 Å². The maximum Gasteiger partial charge on any atom is 0.00965 e. The number of hydrogen-bond donors (Lipinski definition) is 1. The standard InChI is InChI=1S/C13H28N2/c1-3-4-10-15(13-7-8-13)11-12(2)6-5-9-14/h12-13H,3-11,14H2,1-2H3. The number of rotatable bonds is 9. The van der Waals surface area contributed by atoms with Gasteiger partial charge in [0.05, 0.1) is 0 Å². The molecular weight excluding hydrogens is 184 g/mol. The molecule has 0 aromatic heterocycles. The van der Waals surface area contributed by atoms with Crippen molar-refractivity contribution >= 4 is 0 Å². The van der Waals surface area contributed by atoms with Crippen molar-refractivity contribution in [3.05, 3.63) is 0 Å². The maximum absolute atomic E-state index is 5.55. The average molecular weight is 212 g/mol. The molecule has 1 aliphatic carbocycles. The van der Waals surface area contributed by atoms with Crippen LogP contribution in [0, 0.1) is 5.92 Å². The van der Waals surface area contributed by atoms with Crippen molar-refractivity contribution in [2.75, 3.05) is 19.6 Å². The predicted molar refractivity (Wildman–Crippen MR) is 67.0 cm³/mol. The molecule has 2 N–H and O–H groups in total. The normalized spacial score (nSPS) is 18.4. The first-order chi connectivity index (χ1) is 7.27. The van der Waals surface area contributed by atoms with Crippen LogP contribution in [0.4, 0.5) is 0 Å². The number of unbranched alkanes of at least 4 members (excludes halogenated alkanes) is 1. The minimum absolute atomic E-state index is 0.825. The van der Waals surface area contributed by atoms with Crippen molar-refractivity contribution in [3.8, 4) is 0 Å². The molecule has 1 fully saturated rings. The molecule has 1 aliphatic rings. The van der Waals surface area contributed by atoms with Crippen LogP contribution in [0.25, 0.3) is 0 Å². The van der Waals surface area contributed by atoms with E-state index in [1.54, 1.807) is 0 Å². The third-order valence-electron chi connectivity index (χ3n) is 3.31. The molecule has 0 spiro atoms. The average Bonchev–Trinajstić information content (AvgIpc) is 3.04. The molecule has 1 unspecified atom stereocenters. The molecule has 0 aromatic rings. The molecule has 0 radical (unpaired) electrons. The highest BCUT2D eigenvalue weighted by Crippen LogP contribution is 2.28. The molecule has 1 rings (SSSR count). The summed E-state index contributed by atoms with van der Waals surface area (Å²) >= 11 is 0. The molecule has 0 bridgehead atoms. The van der Waals surface area contributed by atoms with E-state index in [9.17, 15) is 0 Å². The van der Waals surface area contributed by atoms with Crippen molar-refractivity contribution in [2.24, 2.45) is 11.7 Å². The monoisotopic (exact) mass is 212 g/mol. The van der Waals surface area contributed by atoms with Crippen molar-refractivity contribution in [1.29, 1.82) is 0 Å². The summed E-state index contributed by atoms with van der Waals surface area (Å²) < 4.78 is 0. The fourth-order valence-corrected chi connectivity index (χ4v) is 2.18. The molecule has 0 amide bonds. The van der Waals surface area contributed by atoms with E-state index in [2.05, 4.69) is 18.7 Å². The van der Waals surface area contributed by atoms with Gasteiger partial charge in [-0.2, -0.15) is 0 Å². The maximum atomic E-state index is 5.55. The Morgan fingerprint density at radius 3 is 2.60 bits per heavy atom. The second kappa shape index (κ2) is 7.24. The third-order valence-corrected chi connectivity index (χ3v) is 3.31. The van der Waals surface area contributed by atoms with Crippen LogP contribution in [0.2, 0.25) is 0 Å². The highest BCUT2D eigenvalue weighted by Gasteiger charge is 2.28. The van der Waals surface area contributed by atoms with Gasteiger partial charge in [-0.1, -0.05) is 20.3 Å². The number of nitrogens with zero attached hydrogens (tertiary/aromatic N) is 1. The summed E-state index contributed by atoms with van der Waals surface area (Å²) in [6.45, 7) is 8.11. The zero-order valence-electron chi connectivity index (χ0n) is 10.5. The van der Waals surface area contributed by atoms with Gasteiger partial charge in [-0.15, -0.1) is 0 Å². The van der Waals surface area contributed by atoms with Crippen molar-refractivity contribution in [1.82, 2.24) is 4.90 Å². The Kier molecular flexibility index (Phi) is 6.26. The second-order valence-corrected chi connectivity index (χ2v) is 5.12. The van der Waals surface area contributed by atoms with Crippen LogP contribution in [0.1, 0.15) is 52.4 Å². The lowest BCUT2D eigenvalue weighted by Crippen LogP contribution is -2.31. The Bertz CT molecular complexity index is 155. The van der Waals surface area contributed by atoms with E-state index >= 15 is 0 Å². The van der Waals surface area contributed by atoms with Gasteiger partial charge in [0.15, 0.2) is 0 Å². The van der Waals surface area contributed by atoms with E-state index in [0.29, 0.717) is 0 Å². The zero-order chi connectivity index (χ0) is 11.1. The summed E-state index contributed by atoms with van der Waals surface area (Å²) in [6, 6.07) is 0.928. The van der Waals surface area contributed by atoms with Crippen LogP contribution in [-0.2, 0) is 0 Å². The molecule has 2 nitrogen and oxygen atoms in total. The zero-order valence-corrected chi connectivity index (χ0v) is 10.5. The van der Waals surface area contributed by atoms with Gasteiger partial charge >= 0.3 is 0 Å². The van der Waals surface area contributed by atoms with Gasteiger partial charge in [0.1, 0.15) is 0 Å². The molecule has 2 heteroatoms. The first kappa shape index (κ1) is 13.0. The molecule has 0 aliphatic heterocycles. The van der Waals surface area contributed by atoms with Crippen molar-refractivity contribution < 1.29 is 0 Å². The second-order valence-electron chi connectivity index (χ2n) is 5.12. The third kappa shape index (κ3) is 5.53. The molecular formula is C13H28N2. The Labute approximate surface area is 95.2 Å².